The highest BCUT2D eigenvalue weighted by molar-refractivity contribution is 8.26. The second kappa shape index (κ2) is 14.4. The van der Waals surface area contributed by atoms with E-state index in [1.165, 1.54) is 16.7 Å². The summed E-state index contributed by atoms with van der Waals surface area (Å²) in [6, 6.07) is 7.98. The van der Waals surface area contributed by atoms with Crippen molar-refractivity contribution >= 4 is 63.6 Å². The molecule has 0 unspecified atom stereocenters. The number of rotatable bonds is 7. The van der Waals surface area contributed by atoms with Crippen molar-refractivity contribution in [2.45, 2.75) is 119 Å². The van der Waals surface area contributed by atoms with Gasteiger partial charge in [-0.2, -0.15) is 0 Å². The summed E-state index contributed by atoms with van der Waals surface area (Å²) in [6.07, 6.45) is 14.4. The first-order valence-electron chi connectivity index (χ1n) is 20.8. The zero-order valence-electron chi connectivity index (χ0n) is 35.4. The van der Waals surface area contributed by atoms with Crippen LogP contribution in [0.25, 0.3) is 6.08 Å². The van der Waals surface area contributed by atoms with Crippen LogP contribution in [-0.2, 0) is 24.0 Å². The van der Waals surface area contributed by atoms with Crippen LogP contribution in [0.4, 0.5) is 5.69 Å². The van der Waals surface area contributed by atoms with Crippen molar-refractivity contribution in [1.82, 2.24) is 4.90 Å². The van der Waals surface area contributed by atoms with Crippen LogP contribution in [0.3, 0.4) is 0 Å². The Balaban J connectivity index is 1.03. The molecule has 1 aromatic carbocycles. The first-order chi connectivity index (χ1) is 26.2. The molecule has 5 fully saturated rings. The van der Waals surface area contributed by atoms with Crippen LogP contribution in [0.15, 0.2) is 46.0 Å². The van der Waals surface area contributed by atoms with Crippen LogP contribution in [0.2, 0.25) is 0 Å². The lowest BCUT2D eigenvalue weighted by Gasteiger charge is -2.70. The van der Waals surface area contributed by atoms with E-state index in [0.717, 1.165) is 81.2 Å². The first kappa shape index (κ1) is 41.2. The molecule has 1 aliphatic heterocycles. The van der Waals surface area contributed by atoms with Gasteiger partial charge in [0, 0.05) is 31.7 Å². The smallest absolute Gasteiger partial charge is 0.336 e. The Hall–Kier alpha value is -2.98. The molecule has 1 amide bonds. The van der Waals surface area contributed by atoms with Crippen molar-refractivity contribution in [3.8, 4) is 0 Å². The molecule has 1 heterocycles. The third-order valence-corrected chi connectivity index (χ3v) is 17.8. The Kier molecular flexibility index (Phi) is 10.6. The van der Waals surface area contributed by atoms with Crippen molar-refractivity contribution < 1.29 is 24.0 Å². The summed E-state index contributed by atoms with van der Waals surface area (Å²) in [4.78, 5) is 49.7. The predicted molar refractivity (Wildman–Crippen MR) is 230 cm³/mol. The maximum atomic E-state index is 13.6. The van der Waals surface area contributed by atoms with Crippen LogP contribution in [0.1, 0.15) is 125 Å². The lowest BCUT2D eigenvalue weighted by atomic mass is 9.33. The number of carbonyl (C=O) groups is 3. The number of allylic oxidation sites excluding steroid dienone is 2. The Morgan fingerprint density at radius 2 is 1.68 bits per heavy atom. The summed E-state index contributed by atoms with van der Waals surface area (Å²) in [5, 5.41) is 4.58. The van der Waals surface area contributed by atoms with E-state index in [-0.39, 0.29) is 57.8 Å². The summed E-state index contributed by atoms with van der Waals surface area (Å²) in [7, 11) is 5.55. The second-order valence-corrected chi connectivity index (χ2v) is 21.8. The highest BCUT2D eigenvalue weighted by atomic mass is 32.2. The minimum absolute atomic E-state index is 0.00144. The number of ether oxygens (including phenoxy) is 1. The van der Waals surface area contributed by atoms with E-state index in [0.29, 0.717) is 21.1 Å². The number of methoxy groups -OCH3 is 1. The number of thiocarbonyl (C=S) groups is 1. The maximum Gasteiger partial charge on any atom is 0.336 e. The van der Waals surface area contributed by atoms with Gasteiger partial charge in [0.05, 0.1) is 29.6 Å². The fourth-order valence-corrected chi connectivity index (χ4v) is 14.2. The number of hydrogen-bond donors (Lipinski definition) is 0. The summed E-state index contributed by atoms with van der Waals surface area (Å²) in [5.41, 5.74) is 4.29. The van der Waals surface area contributed by atoms with Crippen molar-refractivity contribution in [2.24, 2.45) is 55.4 Å². The summed E-state index contributed by atoms with van der Waals surface area (Å²) >= 11 is 6.80. The molecule has 56 heavy (non-hydrogen) atoms. The number of fused-ring (bicyclic) bond motifs is 7. The first-order valence-corrected chi connectivity index (χ1v) is 22.0. The lowest BCUT2D eigenvalue weighted by Crippen LogP contribution is -2.64. The van der Waals surface area contributed by atoms with E-state index in [1.807, 2.05) is 49.3 Å². The van der Waals surface area contributed by atoms with Gasteiger partial charge in [0.15, 0.2) is 0 Å². The molecular weight excluding hydrogens is 739 g/mol. The van der Waals surface area contributed by atoms with Crippen molar-refractivity contribution in [3.05, 3.63) is 46.4 Å². The van der Waals surface area contributed by atoms with Gasteiger partial charge in [-0.1, -0.05) is 101 Å². The molecule has 10 heteroatoms. The standard InChI is InChI=1S/C46H63N3O5S2/c1-41(2)22-24-46(39(52)53-10)25-23-44(6)31(32(46)28-41)15-16-35-43(5)20-18-36(42(3,4)34(43)17-21-45(35,44)7)47-54-37(50)19-26-49-38(51)33(56-40(49)55)27-29-11-13-30(14-12-29)48(8)9/h11-15,27,32,34-35H,16-26,28H2,1-10H3/b33-27-,47-36+/t32-,34-,35+,43-,44+,45+,46-/m0/s1. The minimum atomic E-state index is -0.459. The van der Waals surface area contributed by atoms with Gasteiger partial charge in [-0.15, -0.1) is 0 Å². The number of benzene rings is 1. The average Bonchev–Trinajstić information content (AvgIpc) is 3.40. The van der Waals surface area contributed by atoms with Crippen molar-refractivity contribution in [1.29, 1.82) is 0 Å². The molecule has 0 spiro atoms. The molecule has 8 nitrogen and oxygen atoms in total. The Morgan fingerprint density at radius 3 is 2.36 bits per heavy atom. The van der Waals surface area contributed by atoms with Gasteiger partial charge in [-0.05, 0) is 127 Å². The molecule has 1 aromatic rings. The monoisotopic (exact) mass is 801 g/mol. The molecular formula is C46H63N3O5S2. The van der Waals surface area contributed by atoms with Crippen LogP contribution >= 0.6 is 24.0 Å². The quantitative estimate of drug-likeness (QED) is 0.0673. The lowest BCUT2D eigenvalue weighted by molar-refractivity contribution is -0.181. The number of anilines is 1. The molecule has 304 valence electrons. The third kappa shape index (κ3) is 6.51. The van der Waals surface area contributed by atoms with Gasteiger partial charge in [0.2, 0.25) is 0 Å². The summed E-state index contributed by atoms with van der Waals surface area (Å²) in [5.74, 6) is 0.486. The largest absolute Gasteiger partial charge is 0.469 e. The summed E-state index contributed by atoms with van der Waals surface area (Å²) in [6.45, 7) is 17.2. The molecule has 7 rings (SSSR count). The normalized spacial score (nSPS) is 37.2. The third-order valence-electron chi connectivity index (χ3n) is 16.4. The fourth-order valence-electron chi connectivity index (χ4n) is 12.9. The van der Waals surface area contributed by atoms with E-state index in [1.54, 1.807) is 12.7 Å². The molecule has 0 radical (unpaired) electrons. The van der Waals surface area contributed by atoms with Gasteiger partial charge in [0.1, 0.15) is 4.32 Å². The topological polar surface area (TPSA) is 88.5 Å². The van der Waals surface area contributed by atoms with E-state index >= 15 is 0 Å². The summed E-state index contributed by atoms with van der Waals surface area (Å²) < 4.78 is 6.00. The zero-order chi connectivity index (χ0) is 40.6. The molecule has 0 bridgehead atoms. The molecule has 1 saturated heterocycles. The molecule has 0 aromatic heterocycles. The number of esters is 1. The SMILES string of the molecule is COC(=O)[C@]12CCC(C)(C)C[C@H]1C1=CC[C@@H]3[C@@]4(C)CC/C(=N\OC(=O)CCN5C(=O)/C(=C/c6ccc(N(C)C)cc6)SC5=S)C(C)(C)[C@@H]4CC[C@@]3(C)[C@]1(C)CC2. The minimum Gasteiger partial charge on any atom is -0.469 e. The van der Waals surface area contributed by atoms with Gasteiger partial charge < -0.3 is 14.5 Å². The van der Waals surface area contributed by atoms with Crippen LogP contribution in [0, 0.1) is 50.2 Å². The van der Waals surface area contributed by atoms with Crippen LogP contribution < -0.4 is 4.90 Å². The molecule has 0 N–H and O–H groups in total. The van der Waals surface area contributed by atoms with Crippen molar-refractivity contribution in [2.75, 3.05) is 32.6 Å². The average molecular weight is 802 g/mol. The molecule has 6 aliphatic rings. The Bertz CT molecular complexity index is 1900. The predicted octanol–water partition coefficient (Wildman–Crippen LogP) is 10.2. The van der Waals surface area contributed by atoms with Gasteiger partial charge >= 0.3 is 11.9 Å². The van der Waals surface area contributed by atoms with Crippen LogP contribution in [-0.4, -0.2) is 60.5 Å². The van der Waals surface area contributed by atoms with Crippen molar-refractivity contribution in [3.63, 3.8) is 0 Å². The van der Waals surface area contributed by atoms with Gasteiger partial charge in [0.25, 0.3) is 5.91 Å². The highest BCUT2D eigenvalue weighted by Gasteiger charge is 2.69. The van der Waals surface area contributed by atoms with Gasteiger partial charge in [-0.25, -0.2) is 4.79 Å². The number of hydrogen-bond acceptors (Lipinski definition) is 9. The maximum absolute atomic E-state index is 13.6. The van der Waals surface area contributed by atoms with E-state index in [9.17, 15) is 14.4 Å². The number of nitrogens with zero attached hydrogens (tertiary/aromatic N) is 3. The van der Waals surface area contributed by atoms with E-state index in [4.69, 9.17) is 21.8 Å². The molecule has 7 atom stereocenters. The molecule has 4 saturated carbocycles. The van der Waals surface area contributed by atoms with E-state index < -0.39 is 11.4 Å². The number of thioether (sulfide) groups is 1. The molecule has 5 aliphatic carbocycles. The van der Waals surface area contributed by atoms with E-state index in [2.05, 4.69) is 59.7 Å². The Morgan fingerprint density at radius 1 is 0.982 bits per heavy atom. The van der Waals surface area contributed by atoms with Crippen LogP contribution in [0.5, 0.6) is 0 Å². The number of oxime groups is 1. The number of amides is 1. The second-order valence-electron chi connectivity index (χ2n) is 20.2. The fraction of sp³-hybridized carbons (Fsp3) is 0.674. The van der Waals surface area contributed by atoms with Gasteiger partial charge in [-0.3, -0.25) is 14.5 Å². The number of carbonyl (C=O) groups excluding carboxylic acids is 3. The Labute approximate surface area is 344 Å². The zero-order valence-corrected chi connectivity index (χ0v) is 37.0. The highest BCUT2D eigenvalue weighted by Crippen LogP contribution is 2.75.